The molecule has 0 aliphatic carbocycles. The topological polar surface area (TPSA) is 64.8 Å². The third-order valence-electron chi connectivity index (χ3n) is 3.13. The van der Waals surface area contributed by atoms with Gasteiger partial charge in [-0.25, -0.2) is 0 Å². The summed E-state index contributed by atoms with van der Waals surface area (Å²) in [4.78, 5) is 12.5. The zero-order chi connectivity index (χ0) is 14.0. The molecule has 1 aromatic rings. The number of nitro groups is 1. The summed E-state index contributed by atoms with van der Waals surface area (Å²) >= 11 is 0. The Labute approximate surface area is 112 Å². The molecule has 0 bridgehead atoms. The van der Waals surface area contributed by atoms with Gasteiger partial charge < -0.3 is 14.4 Å². The van der Waals surface area contributed by atoms with Gasteiger partial charge in [-0.3, -0.25) is 10.1 Å². The average Bonchev–Trinajstić information content (AvgIpc) is 2.36. The molecule has 2 rings (SSSR count). The molecule has 0 aromatic heterocycles. The van der Waals surface area contributed by atoms with Crippen LogP contribution in [-0.4, -0.2) is 37.3 Å². The zero-order valence-corrected chi connectivity index (χ0v) is 11.3. The Hall–Kier alpha value is -1.82. The van der Waals surface area contributed by atoms with Crippen LogP contribution >= 0.6 is 0 Å². The van der Waals surface area contributed by atoms with Gasteiger partial charge in [-0.05, 0) is 19.9 Å². The highest BCUT2D eigenvalue weighted by Gasteiger charge is 2.25. The van der Waals surface area contributed by atoms with Crippen LogP contribution in [0.5, 0.6) is 5.75 Å². The molecule has 6 nitrogen and oxygen atoms in total. The number of benzene rings is 1. The first-order chi connectivity index (χ1) is 9.01. The molecule has 1 aliphatic heterocycles. The molecule has 104 valence electrons. The Morgan fingerprint density at radius 3 is 2.53 bits per heavy atom. The van der Waals surface area contributed by atoms with Crippen LogP contribution in [0, 0.1) is 10.1 Å². The van der Waals surface area contributed by atoms with Gasteiger partial charge in [0.15, 0.2) is 0 Å². The molecule has 6 heteroatoms. The summed E-state index contributed by atoms with van der Waals surface area (Å²) in [6, 6.07) is 4.70. The van der Waals surface area contributed by atoms with Crippen LogP contribution in [0.15, 0.2) is 18.2 Å². The number of rotatable bonds is 3. The Kier molecular flexibility index (Phi) is 3.90. The van der Waals surface area contributed by atoms with Gasteiger partial charge in [0.05, 0.1) is 36.0 Å². The molecule has 0 saturated carbocycles. The molecule has 0 N–H and O–H groups in total. The second kappa shape index (κ2) is 5.44. The smallest absolute Gasteiger partial charge is 0.273 e. The van der Waals surface area contributed by atoms with E-state index in [1.807, 2.05) is 13.8 Å². The van der Waals surface area contributed by atoms with E-state index in [0.717, 1.165) is 18.8 Å². The molecule has 0 unspecified atom stereocenters. The van der Waals surface area contributed by atoms with Gasteiger partial charge in [-0.1, -0.05) is 0 Å². The quantitative estimate of drug-likeness (QED) is 0.620. The van der Waals surface area contributed by atoms with Crippen molar-refractivity contribution in [3.8, 4) is 5.75 Å². The molecule has 0 radical (unpaired) electrons. The number of hydrogen-bond donors (Lipinski definition) is 0. The summed E-state index contributed by atoms with van der Waals surface area (Å²) in [5.74, 6) is 0.524. The lowest BCUT2D eigenvalue weighted by molar-refractivity contribution is -0.384. The molecular formula is C13H18N2O4. The van der Waals surface area contributed by atoms with Crippen LogP contribution < -0.4 is 9.64 Å². The van der Waals surface area contributed by atoms with Crippen LogP contribution in [0.4, 0.5) is 11.4 Å². The lowest BCUT2D eigenvalue weighted by atomic mass is 10.1. The van der Waals surface area contributed by atoms with E-state index < -0.39 is 4.92 Å². The average molecular weight is 266 g/mol. The number of non-ortho nitro benzene ring substituents is 1. The van der Waals surface area contributed by atoms with Crippen molar-refractivity contribution >= 4 is 11.4 Å². The highest BCUT2D eigenvalue weighted by atomic mass is 16.6. The van der Waals surface area contributed by atoms with E-state index in [1.54, 1.807) is 6.07 Å². The van der Waals surface area contributed by atoms with Crippen LogP contribution in [0.1, 0.15) is 13.8 Å². The summed E-state index contributed by atoms with van der Waals surface area (Å²) in [7, 11) is 1.52. The van der Waals surface area contributed by atoms with Crippen molar-refractivity contribution in [3.05, 3.63) is 28.3 Å². The molecule has 1 saturated heterocycles. The van der Waals surface area contributed by atoms with E-state index in [4.69, 9.17) is 9.47 Å². The maximum absolute atomic E-state index is 10.8. The normalized spacial score (nSPS) is 23.2. The summed E-state index contributed by atoms with van der Waals surface area (Å²) in [5.41, 5.74) is 0.907. The molecule has 1 fully saturated rings. The zero-order valence-electron chi connectivity index (χ0n) is 11.3. The Morgan fingerprint density at radius 1 is 1.37 bits per heavy atom. The van der Waals surface area contributed by atoms with Gasteiger partial charge in [-0.2, -0.15) is 0 Å². The van der Waals surface area contributed by atoms with E-state index in [1.165, 1.54) is 19.2 Å². The Balaban J connectivity index is 2.30. The van der Waals surface area contributed by atoms with E-state index in [0.29, 0.717) is 5.75 Å². The third kappa shape index (κ3) is 2.96. The van der Waals surface area contributed by atoms with E-state index in [-0.39, 0.29) is 17.9 Å². The van der Waals surface area contributed by atoms with E-state index in [9.17, 15) is 10.1 Å². The van der Waals surface area contributed by atoms with Crippen LogP contribution in [0.2, 0.25) is 0 Å². The molecule has 1 aliphatic rings. The molecule has 0 spiro atoms. The van der Waals surface area contributed by atoms with E-state index in [2.05, 4.69) is 4.90 Å². The van der Waals surface area contributed by atoms with Crippen molar-refractivity contribution in [1.82, 2.24) is 0 Å². The summed E-state index contributed by atoms with van der Waals surface area (Å²) in [5, 5.41) is 10.8. The molecular weight excluding hydrogens is 248 g/mol. The highest BCUT2D eigenvalue weighted by molar-refractivity contribution is 5.62. The van der Waals surface area contributed by atoms with Crippen molar-refractivity contribution in [2.24, 2.45) is 0 Å². The van der Waals surface area contributed by atoms with Crippen LogP contribution in [0.25, 0.3) is 0 Å². The van der Waals surface area contributed by atoms with Gasteiger partial charge in [0.25, 0.3) is 5.69 Å². The molecule has 2 atom stereocenters. The van der Waals surface area contributed by atoms with Crippen molar-refractivity contribution in [2.75, 3.05) is 25.1 Å². The second-order valence-electron chi connectivity index (χ2n) is 4.78. The minimum Gasteiger partial charge on any atom is -0.494 e. The number of hydrogen-bond acceptors (Lipinski definition) is 5. The summed E-state index contributed by atoms with van der Waals surface area (Å²) in [6.45, 7) is 5.53. The number of anilines is 1. The largest absolute Gasteiger partial charge is 0.494 e. The fraction of sp³-hybridized carbons (Fsp3) is 0.538. The standard InChI is InChI=1S/C13H18N2O4/c1-9-7-14(8-10(2)19-9)12-5-4-11(15(16)17)6-13(12)18-3/h4-6,9-10H,7-8H2,1-3H3/t9-,10-/m1/s1. The predicted molar refractivity (Wildman–Crippen MR) is 71.9 cm³/mol. The van der Waals surface area contributed by atoms with Gasteiger partial charge in [0.1, 0.15) is 5.75 Å². The van der Waals surface area contributed by atoms with Crippen LogP contribution in [-0.2, 0) is 4.74 Å². The fourth-order valence-corrected chi connectivity index (χ4v) is 2.42. The molecule has 0 amide bonds. The minimum atomic E-state index is -0.420. The first kappa shape index (κ1) is 13.6. The highest BCUT2D eigenvalue weighted by Crippen LogP contribution is 2.33. The lowest BCUT2D eigenvalue weighted by Crippen LogP contribution is -2.45. The molecule has 1 heterocycles. The SMILES string of the molecule is COc1cc([N+](=O)[O-])ccc1N1C[C@@H](C)O[C@H](C)C1. The summed E-state index contributed by atoms with van der Waals surface area (Å²) < 4.78 is 11.0. The number of nitro benzene ring substituents is 1. The van der Waals surface area contributed by atoms with Crippen molar-refractivity contribution in [1.29, 1.82) is 0 Å². The Morgan fingerprint density at radius 2 is 2.00 bits per heavy atom. The summed E-state index contributed by atoms with van der Waals surface area (Å²) in [6.07, 6.45) is 0.257. The van der Waals surface area contributed by atoms with Gasteiger partial charge >= 0.3 is 0 Å². The first-order valence-electron chi connectivity index (χ1n) is 6.24. The van der Waals surface area contributed by atoms with Gasteiger partial charge in [0.2, 0.25) is 0 Å². The number of methoxy groups -OCH3 is 1. The predicted octanol–water partition coefficient (Wildman–Crippen LogP) is 2.22. The van der Waals surface area contributed by atoms with Gasteiger partial charge in [-0.15, -0.1) is 0 Å². The van der Waals surface area contributed by atoms with Crippen molar-refractivity contribution in [3.63, 3.8) is 0 Å². The number of morpholine rings is 1. The maximum Gasteiger partial charge on any atom is 0.273 e. The Bertz CT molecular complexity index is 468. The monoisotopic (exact) mass is 266 g/mol. The second-order valence-corrected chi connectivity index (χ2v) is 4.78. The fourth-order valence-electron chi connectivity index (χ4n) is 2.42. The van der Waals surface area contributed by atoms with Gasteiger partial charge in [0, 0.05) is 19.2 Å². The number of nitrogens with zero attached hydrogens (tertiary/aromatic N) is 2. The maximum atomic E-state index is 10.8. The molecule has 1 aromatic carbocycles. The van der Waals surface area contributed by atoms with Crippen molar-refractivity contribution < 1.29 is 14.4 Å². The minimum absolute atomic E-state index is 0.0370. The van der Waals surface area contributed by atoms with Crippen molar-refractivity contribution in [2.45, 2.75) is 26.1 Å². The number of ether oxygens (including phenoxy) is 2. The first-order valence-corrected chi connectivity index (χ1v) is 6.24. The lowest BCUT2D eigenvalue weighted by Gasteiger charge is -2.37. The molecule has 19 heavy (non-hydrogen) atoms. The third-order valence-corrected chi connectivity index (χ3v) is 3.13. The van der Waals surface area contributed by atoms with Crippen LogP contribution in [0.3, 0.4) is 0 Å². The van der Waals surface area contributed by atoms with E-state index >= 15 is 0 Å².